The van der Waals surface area contributed by atoms with Crippen molar-refractivity contribution >= 4 is 28.6 Å². The predicted octanol–water partition coefficient (Wildman–Crippen LogP) is 2.50. The molecular formula is C14H15FN2O5S. The second-order valence-electron chi connectivity index (χ2n) is 4.26. The van der Waals surface area contributed by atoms with E-state index >= 15 is 0 Å². The summed E-state index contributed by atoms with van der Waals surface area (Å²) in [6.07, 6.45) is 0.743. The molecule has 1 aliphatic rings. The lowest BCUT2D eigenvalue weighted by Gasteiger charge is -2.22. The van der Waals surface area contributed by atoms with Crippen LogP contribution in [0.1, 0.15) is 5.56 Å². The van der Waals surface area contributed by atoms with E-state index in [9.17, 15) is 9.18 Å². The molecule has 1 N–H and O–H groups in total. The molecule has 1 aromatic rings. The molecule has 0 atom stereocenters. The highest BCUT2D eigenvalue weighted by Crippen LogP contribution is 2.43. The Hall–Kier alpha value is -2.29. The molecule has 0 radical (unpaired) electrons. The van der Waals surface area contributed by atoms with Crippen LogP contribution in [0.4, 0.5) is 9.18 Å². The van der Waals surface area contributed by atoms with Crippen LogP contribution in [-0.4, -0.2) is 50.5 Å². The fourth-order valence-corrected chi connectivity index (χ4v) is 2.41. The molecule has 124 valence electrons. The fourth-order valence-electron chi connectivity index (χ4n) is 1.93. The third-order valence-electron chi connectivity index (χ3n) is 2.98. The minimum absolute atomic E-state index is 0.00878. The van der Waals surface area contributed by atoms with E-state index < -0.39 is 11.9 Å². The van der Waals surface area contributed by atoms with Crippen LogP contribution in [0.5, 0.6) is 17.2 Å². The lowest BCUT2D eigenvalue weighted by molar-refractivity contribution is 0.158. The Bertz CT molecular complexity index is 678. The first kappa shape index (κ1) is 17.1. The number of methoxy groups -OCH3 is 2. The van der Waals surface area contributed by atoms with E-state index in [0.717, 1.165) is 11.8 Å². The second kappa shape index (κ2) is 7.32. The van der Waals surface area contributed by atoms with Crippen molar-refractivity contribution in [1.82, 2.24) is 0 Å². The van der Waals surface area contributed by atoms with Gasteiger partial charge in [0.05, 0.1) is 19.9 Å². The van der Waals surface area contributed by atoms with E-state index in [4.69, 9.17) is 19.6 Å². The third-order valence-corrected chi connectivity index (χ3v) is 3.66. The zero-order valence-electron chi connectivity index (χ0n) is 12.8. The number of ether oxygens (including phenoxy) is 4. The number of aliphatic imine (C=N–C) groups is 1. The van der Waals surface area contributed by atoms with E-state index in [1.807, 2.05) is 0 Å². The number of nitrogens with one attached hydrogen (secondary N) is 1. The molecule has 1 aliphatic heterocycles. The van der Waals surface area contributed by atoms with Gasteiger partial charge in [0.15, 0.2) is 11.6 Å². The predicted molar refractivity (Wildman–Crippen MR) is 84.1 cm³/mol. The molecule has 0 saturated carbocycles. The number of carbonyl (C=O) groups excluding carboxylic acids is 1. The molecule has 0 aromatic heterocycles. The largest absolute Gasteiger partial charge is 0.493 e. The van der Waals surface area contributed by atoms with Crippen LogP contribution in [-0.2, 0) is 4.74 Å². The van der Waals surface area contributed by atoms with E-state index in [2.05, 4.69) is 9.73 Å². The Balaban J connectivity index is 2.52. The third kappa shape index (κ3) is 3.39. The summed E-state index contributed by atoms with van der Waals surface area (Å²) in [7, 11) is 2.57. The highest BCUT2D eigenvalue weighted by molar-refractivity contribution is 8.15. The fraction of sp³-hybridized carbons (Fsp3) is 0.357. The molecule has 9 heteroatoms. The summed E-state index contributed by atoms with van der Waals surface area (Å²) >= 11 is 1.02. The monoisotopic (exact) mass is 342 g/mol. The molecule has 0 saturated heterocycles. The Kier molecular flexibility index (Phi) is 5.43. The number of benzene rings is 1. The molecule has 2 rings (SSSR count). The van der Waals surface area contributed by atoms with Gasteiger partial charge in [-0.15, -0.1) is 11.8 Å². The van der Waals surface area contributed by atoms with Gasteiger partial charge in [0, 0.05) is 5.56 Å². The first-order valence-electron chi connectivity index (χ1n) is 6.49. The SMILES string of the molecule is COC(=O)N=C(SC)C(=N)c1cc(OC)c2c(c1F)OCCO2. The first-order chi connectivity index (χ1) is 11.0. The van der Waals surface area contributed by atoms with Crippen molar-refractivity contribution in [1.29, 1.82) is 5.41 Å². The van der Waals surface area contributed by atoms with Gasteiger partial charge in [-0.1, -0.05) is 0 Å². The smallest absolute Gasteiger partial charge is 0.434 e. The number of carbonyl (C=O) groups is 1. The maximum absolute atomic E-state index is 14.7. The minimum Gasteiger partial charge on any atom is -0.493 e. The van der Waals surface area contributed by atoms with Crippen LogP contribution in [0.25, 0.3) is 0 Å². The number of hydrogen-bond donors (Lipinski definition) is 1. The van der Waals surface area contributed by atoms with Crippen molar-refractivity contribution in [3.05, 3.63) is 17.4 Å². The van der Waals surface area contributed by atoms with Gasteiger partial charge in [-0.25, -0.2) is 9.18 Å². The summed E-state index contributed by atoms with van der Waals surface area (Å²) < 4.78 is 34.9. The molecule has 23 heavy (non-hydrogen) atoms. The molecule has 0 aliphatic carbocycles. The first-order valence-corrected chi connectivity index (χ1v) is 7.72. The Morgan fingerprint density at radius 2 is 2.00 bits per heavy atom. The Morgan fingerprint density at radius 3 is 2.57 bits per heavy atom. The maximum atomic E-state index is 14.7. The lowest BCUT2D eigenvalue weighted by Crippen LogP contribution is -2.20. The molecule has 0 spiro atoms. The topological polar surface area (TPSA) is 90.2 Å². The molecule has 0 bridgehead atoms. The molecule has 0 unspecified atom stereocenters. The normalized spacial score (nSPS) is 13.5. The number of halogens is 1. The zero-order valence-corrected chi connectivity index (χ0v) is 13.6. The van der Waals surface area contributed by atoms with Crippen molar-refractivity contribution in [2.45, 2.75) is 0 Å². The summed E-state index contributed by atoms with van der Waals surface area (Å²) in [6.45, 7) is 0.467. The van der Waals surface area contributed by atoms with Crippen molar-refractivity contribution < 1.29 is 28.1 Å². The van der Waals surface area contributed by atoms with Crippen molar-refractivity contribution in [2.75, 3.05) is 33.7 Å². The van der Waals surface area contributed by atoms with Gasteiger partial charge in [-0.3, -0.25) is 5.41 Å². The number of amides is 1. The summed E-state index contributed by atoms with van der Waals surface area (Å²) in [5, 5.41) is 8.14. The molecule has 1 heterocycles. The van der Waals surface area contributed by atoms with Gasteiger partial charge in [0.2, 0.25) is 11.5 Å². The Labute approximate surface area is 136 Å². The average Bonchev–Trinajstić information content (AvgIpc) is 2.59. The van der Waals surface area contributed by atoms with Crippen molar-refractivity contribution in [3.8, 4) is 17.2 Å². The van der Waals surface area contributed by atoms with Gasteiger partial charge in [0.1, 0.15) is 18.3 Å². The van der Waals surface area contributed by atoms with E-state index in [-0.39, 0.29) is 46.8 Å². The molecule has 0 fully saturated rings. The summed E-state index contributed by atoms with van der Waals surface area (Å²) in [4.78, 5) is 14.9. The van der Waals surface area contributed by atoms with Gasteiger partial charge in [-0.2, -0.15) is 4.99 Å². The number of thioether (sulfide) groups is 1. The molecule has 7 nitrogen and oxygen atoms in total. The summed E-state index contributed by atoms with van der Waals surface area (Å²) in [5.41, 5.74) is -0.390. The van der Waals surface area contributed by atoms with E-state index in [1.54, 1.807) is 6.26 Å². The van der Waals surface area contributed by atoms with Crippen LogP contribution in [0.15, 0.2) is 11.1 Å². The number of rotatable bonds is 3. The van der Waals surface area contributed by atoms with Gasteiger partial charge in [-0.05, 0) is 12.3 Å². The molecule has 1 amide bonds. The van der Waals surface area contributed by atoms with Crippen molar-refractivity contribution in [3.63, 3.8) is 0 Å². The van der Waals surface area contributed by atoms with E-state index in [1.165, 1.54) is 20.3 Å². The number of nitrogens with zero attached hydrogens (tertiary/aromatic N) is 1. The van der Waals surface area contributed by atoms with Gasteiger partial charge in [0.25, 0.3) is 0 Å². The van der Waals surface area contributed by atoms with Crippen molar-refractivity contribution in [2.24, 2.45) is 4.99 Å². The average molecular weight is 342 g/mol. The van der Waals surface area contributed by atoms with Crippen LogP contribution in [0, 0.1) is 11.2 Å². The van der Waals surface area contributed by atoms with Gasteiger partial charge >= 0.3 is 6.09 Å². The maximum Gasteiger partial charge on any atom is 0.434 e. The highest BCUT2D eigenvalue weighted by Gasteiger charge is 2.27. The van der Waals surface area contributed by atoms with Crippen LogP contribution < -0.4 is 14.2 Å². The second-order valence-corrected chi connectivity index (χ2v) is 5.06. The number of hydrogen-bond acceptors (Lipinski definition) is 7. The van der Waals surface area contributed by atoms with E-state index in [0.29, 0.717) is 0 Å². The van der Waals surface area contributed by atoms with Crippen LogP contribution in [0.3, 0.4) is 0 Å². The molecular weight excluding hydrogens is 327 g/mol. The molecule has 1 aromatic carbocycles. The highest BCUT2D eigenvalue weighted by atomic mass is 32.2. The minimum atomic E-state index is -0.871. The Morgan fingerprint density at radius 1 is 1.35 bits per heavy atom. The zero-order chi connectivity index (χ0) is 17.0. The standard InChI is InChI=1S/C14H15FN2O5S/c1-19-8-6-7(9(15)12-11(8)21-4-5-22-12)10(16)13(23-3)17-14(18)20-2/h6,16H,4-5H2,1-3H3. The van der Waals surface area contributed by atoms with Crippen LogP contribution >= 0.6 is 11.8 Å². The summed E-state index contributed by atoms with van der Waals surface area (Å²) in [5.74, 6) is -0.492. The van der Waals surface area contributed by atoms with Crippen LogP contribution in [0.2, 0.25) is 0 Å². The van der Waals surface area contributed by atoms with Gasteiger partial charge < -0.3 is 18.9 Å². The number of fused-ring (bicyclic) bond motifs is 1. The summed E-state index contributed by atoms with van der Waals surface area (Å²) in [6, 6.07) is 1.31. The lowest BCUT2D eigenvalue weighted by atomic mass is 10.1. The quantitative estimate of drug-likeness (QED) is 0.670.